The molecule has 6 aromatic rings. The van der Waals surface area contributed by atoms with E-state index in [-0.39, 0.29) is 11.8 Å². The highest BCUT2D eigenvalue weighted by Crippen LogP contribution is 2.35. The number of benzene rings is 6. The van der Waals surface area contributed by atoms with E-state index in [2.05, 4.69) is 234 Å². The maximum absolute atomic E-state index is 2.24. The fourth-order valence-corrected chi connectivity index (χ4v) is 6.31. The average molecular weight is 691 g/mol. The summed E-state index contributed by atoms with van der Waals surface area (Å²) >= 11 is 0. The first-order chi connectivity index (χ1) is 25.1. The maximum Gasteiger partial charge on any atom is 0.0361 e. The normalized spacial score (nSPS) is 10.5. The van der Waals surface area contributed by atoms with Gasteiger partial charge in [-0.3, -0.25) is 0 Å². The molecule has 0 aromatic heterocycles. The van der Waals surface area contributed by atoms with Gasteiger partial charge in [-0.15, -0.1) is 0 Å². The Hall–Kier alpha value is -5.48. The van der Waals surface area contributed by atoms with Crippen molar-refractivity contribution < 1.29 is 0 Å². The molecule has 0 aliphatic rings. The first-order valence-electron chi connectivity index (χ1n) is 18.3. The molecule has 0 fully saturated rings. The largest absolute Gasteiger partial charge is 0.378 e. The fraction of sp³-hybridized carbons (Fsp3) is 0.250. The Bertz CT molecular complexity index is 1620. The van der Waals surface area contributed by atoms with E-state index in [1.807, 2.05) is 13.8 Å². The Morgan fingerprint density at radius 1 is 0.250 bits per heavy atom. The van der Waals surface area contributed by atoms with Crippen LogP contribution in [0.1, 0.15) is 59.1 Å². The van der Waals surface area contributed by atoms with Gasteiger partial charge < -0.3 is 19.6 Å². The van der Waals surface area contributed by atoms with Crippen LogP contribution in [0.25, 0.3) is 0 Å². The molecule has 0 bridgehead atoms. The van der Waals surface area contributed by atoms with E-state index in [9.17, 15) is 0 Å². The molecule has 0 spiro atoms. The average Bonchev–Trinajstić information content (AvgIpc) is 3.18. The molecule has 0 radical (unpaired) electrons. The molecule has 52 heavy (non-hydrogen) atoms. The van der Waals surface area contributed by atoms with Crippen LogP contribution in [0, 0.1) is 0 Å². The highest BCUT2D eigenvalue weighted by Gasteiger charge is 2.18. The quantitative estimate of drug-likeness (QED) is 0.133. The molecular formula is C48H58N4. The molecule has 0 N–H and O–H groups in total. The van der Waals surface area contributed by atoms with Gasteiger partial charge in [-0.25, -0.2) is 0 Å². The Balaban J connectivity index is 0.000000222. The SMILES string of the molecule is CC.CN(C)c1ccc(C(c2ccccc2)c2ccc(N(C)C)cc2)cc1.CN(C)c1ccc(C(c2ccccc2)c2ccc(N(C)C)cc2)cc1. The van der Waals surface area contributed by atoms with E-state index in [4.69, 9.17) is 0 Å². The van der Waals surface area contributed by atoms with Gasteiger partial charge in [-0.05, 0) is 81.9 Å². The molecule has 0 unspecified atom stereocenters. The van der Waals surface area contributed by atoms with Crippen LogP contribution >= 0.6 is 0 Å². The minimum atomic E-state index is 0.244. The van der Waals surface area contributed by atoms with Gasteiger partial charge in [0.25, 0.3) is 0 Å². The molecule has 0 saturated heterocycles. The number of hydrogen-bond acceptors (Lipinski definition) is 4. The highest BCUT2D eigenvalue weighted by atomic mass is 15.1. The Morgan fingerprint density at radius 3 is 0.596 bits per heavy atom. The molecule has 0 heterocycles. The Morgan fingerprint density at radius 2 is 0.423 bits per heavy atom. The van der Waals surface area contributed by atoms with Crippen molar-refractivity contribution in [2.45, 2.75) is 25.7 Å². The van der Waals surface area contributed by atoms with Gasteiger partial charge in [0.1, 0.15) is 0 Å². The zero-order chi connectivity index (χ0) is 37.6. The predicted molar refractivity (Wildman–Crippen MR) is 229 cm³/mol. The predicted octanol–water partition coefficient (Wildman–Crippen LogP) is 11.0. The third-order valence-corrected chi connectivity index (χ3v) is 9.24. The summed E-state index contributed by atoms with van der Waals surface area (Å²) in [5.74, 6) is 0.488. The first-order valence-corrected chi connectivity index (χ1v) is 18.3. The van der Waals surface area contributed by atoms with Gasteiger partial charge in [0.15, 0.2) is 0 Å². The molecule has 270 valence electrons. The third kappa shape index (κ3) is 10.3. The van der Waals surface area contributed by atoms with Crippen molar-refractivity contribution >= 4 is 22.7 Å². The van der Waals surface area contributed by atoms with E-state index in [1.54, 1.807) is 0 Å². The van der Waals surface area contributed by atoms with Crippen LogP contribution in [0.3, 0.4) is 0 Å². The minimum Gasteiger partial charge on any atom is -0.378 e. The Kier molecular flexibility index (Phi) is 14.5. The van der Waals surface area contributed by atoms with Gasteiger partial charge in [0, 0.05) is 91.0 Å². The first kappa shape index (κ1) is 39.3. The smallest absolute Gasteiger partial charge is 0.0361 e. The molecule has 0 atom stereocenters. The summed E-state index contributed by atoms with van der Waals surface area (Å²) in [7, 11) is 16.6. The van der Waals surface area contributed by atoms with E-state index in [1.165, 1.54) is 56.1 Å². The van der Waals surface area contributed by atoms with Crippen molar-refractivity contribution in [1.82, 2.24) is 0 Å². The lowest BCUT2D eigenvalue weighted by Crippen LogP contribution is -2.10. The van der Waals surface area contributed by atoms with E-state index in [0.717, 1.165) is 0 Å². The molecule has 0 aliphatic heterocycles. The van der Waals surface area contributed by atoms with Gasteiger partial charge >= 0.3 is 0 Å². The summed E-state index contributed by atoms with van der Waals surface area (Å²) in [4.78, 5) is 8.53. The lowest BCUT2D eigenvalue weighted by Gasteiger charge is -2.21. The van der Waals surface area contributed by atoms with Crippen molar-refractivity contribution in [3.8, 4) is 0 Å². The lowest BCUT2D eigenvalue weighted by atomic mass is 9.85. The van der Waals surface area contributed by atoms with Crippen LogP contribution in [0.5, 0.6) is 0 Å². The molecular weight excluding hydrogens is 633 g/mol. The van der Waals surface area contributed by atoms with E-state index in [0.29, 0.717) is 0 Å². The Labute approximate surface area is 314 Å². The van der Waals surface area contributed by atoms with Crippen LogP contribution in [0.15, 0.2) is 158 Å². The third-order valence-electron chi connectivity index (χ3n) is 9.24. The number of anilines is 4. The second-order valence-electron chi connectivity index (χ2n) is 13.6. The van der Waals surface area contributed by atoms with E-state index < -0.39 is 0 Å². The van der Waals surface area contributed by atoms with Crippen molar-refractivity contribution in [1.29, 1.82) is 0 Å². The van der Waals surface area contributed by atoms with Crippen molar-refractivity contribution in [3.63, 3.8) is 0 Å². The summed E-state index contributed by atoms with van der Waals surface area (Å²) in [5.41, 5.74) is 12.8. The molecule has 6 aromatic carbocycles. The summed E-state index contributed by atoms with van der Waals surface area (Å²) < 4.78 is 0. The van der Waals surface area contributed by atoms with Crippen molar-refractivity contribution in [2.75, 3.05) is 76.0 Å². The van der Waals surface area contributed by atoms with E-state index >= 15 is 0 Å². The van der Waals surface area contributed by atoms with Gasteiger partial charge in [0.05, 0.1) is 0 Å². The van der Waals surface area contributed by atoms with Gasteiger partial charge in [-0.1, -0.05) is 123 Å². The standard InChI is InChI=1S/2C23H26N2.C2H6/c2*1-24(2)21-14-10-19(11-15-21)23(18-8-6-5-7-9-18)20-12-16-22(17-13-20)25(3)4;1-2/h2*5-17,23H,1-4H3;1-2H3. The molecule has 0 amide bonds. The molecule has 4 heteroatoms. The van der Waals surface area contributed by atoms with Crippen LogP contribution in [0.2, 0.25) is 0 Å². The highest BCUT2D eigenvalue weighted by molar-refractivity contribution is 5.55. The van der Waals surface area contributed by atoms with Gasteiger partial charge in [-0.2, -0.15) is 0 Å². The van der Waals surface area contributed by atoms with Crippen LogP contribution in [-0.2, 0) is 0 Å². The topological polar surface area (TPSA) is 13.0 Å². The monoisotopic (exact) mass is 690 g/mol. The maximum atomic E-state index is 2.24. The van der Waals surface area contributed by atoms with Gasteiger partial charge in [0.2, 0.25) is 0 Å². The zero-order valence-electron chi connectivity index (χ0n) is 33.0. The number of nitrogens with zero attached hydrogens (tertiary/aromatic N) is 4. The summed E-state index contributed by atoms with van der Waals surface area (Å²) in [5, 5.41) is 0. The number of rotatable bonds is 10. The second-order valence-corrected chi connectivity index (χ2v) is 13.6. The van der Waals surface area contributed by atoms with Crippen LogP contribution in [-0.4, -0.2) is 56.4 Å². The molecule has 4 nitrogen and oxygen atoms in total. The lowest BCUT2D eigenvalue weighted by molar-refractivity contribution is 0.973. The van der Waals surface area contributed by atoms with Crippen molar-refractivity contribution in [3.05, 3.63) is 191 Å². The van der Waals surface area contributed by atoms with Crippen molar-refractivity contribution in [2.24, 2.45) is 0 Å². The zero-order valence-corrected chi connectivity index (χ0v) is 33.0. The number of hydrogen-bond donors (Lipinski definition) is 0. The summed E-state index contributed by atoms with van der Waals surface area (Å²) in [6.45, 7) is 4.00. The summed E-state index contributed by atoms with van der Waals surface area (Å²) in [6, 6.07) is 57.0. The molecule has 0 saturated carbocycles. The van der Waals surface area contributed by atoms with Crippen LogP contribution in [0.4, 0.5) is 22.7 Å². The van der Waals surface area contributed by atoms with Crippen LogP contribution < -0.4 is 19.6 Å². The second kappa shape index (κ2) is 19.2. The molecule has 6 rings (SSSR count). The molecule has 0 aliphatic carbocycles. The summed E-state index contributed by atoms with van der Waals surface area (Å²) in [6.07, 6.45) is 0. The minimum absolute atomic E-state index is 0.244. The fourth-order valence-electron chi connectivity index (χ4n) is 6.31.